The van der Waals surface area contributed by atoms with Gasteiger partial charge in [0.1, 0.15) is 0 Å². The summed E-state index contributed by atoms with van der Waals surface area (Å²) in [5.41, 5.74) is 0. The van der Waals surface area contributed by atoms with Crippen LogP contribution in [0.1, 0.15) is 19.3 Å². The molecule has 0 aromatic carbocycles. The highest BCUT2D eigenvalue weighted by atomic mass is 35.5. The number of piperidine rings is 1. The fraction of sp³-hybridized carbons (Fsp3) is 0.667. The van der Waals surface area contributed by atoms with E-state index in [9.17, 15) is 4.79 Å². The third kappa shape index (κ3) is 6.80. The van der Waals surface area contributed by atoms with Gasteiger partial charge in [0.25, 0.3) is 0 Å². The number of imidazole rings is 1. The van der Waals surface area contributed by atoms with Crippen LogP contribution in [0, 0.1) is 5.92 Å². The highest BCUT2D eigenvalue weighted by Gasteiger charge is 2.13. The van der Waals surface area contributed by atoms with Crippen LogP contribution in [0.3, 0.4) is 0 Å². The summed E-state index contributed by atoms with van der Waals surface area (Å²) in [6, 6.07) is 0. The molecule has 1 aromatic heterocycles. The number of carbonyl (C=O) groups excluding carboxylic acids is 1. The highest BCUT2D eigenvalue weighted by Crippen LogP contribution is 2.08. The minimum Gasteiger partial charge on any atom is -0.356 e. The van der Waals surface area contributed by atoms with Gasteiger partial charge in [0.15, 0.2) is 0 Å². The fourth-order valence-corrected chi connectivity index (χ4v) is 2.09. The van der Waals surface area contributed by atoms with E-state index >= 15 is 0 Å². The molecule has 110 valence electrons. The topological polar surface area (TPSA) is 59.0 Å². The van der Waals surface area contributed by atoms with E-state index < -0.39 is 0 Å². The molecule has 1 fully saturated rings. The number of nitrogens with zero attached hydrogens (tertiary/aromatic N) is 2. The zero-order valence-electron chi connectivity index (χ0n) is 10.9. The van der Waals surface area contributed by atoms with Crippen molar-refractivity contribution < 1.29 is 4.79 Å². The molecule has 2 heterocycles. The number of carbonyl (C=O) groups is 1. The molecule has 2 N–H and O–H groups in total. The first kappa shape index (κ1) is 18.2. The third-order valence-electron chi connectivity index (χ3n) is 3.14. The van der Waals surface area contributed by atoms with Crippen LogP contribution in [0.2, 0.25) is 0 Å². The molecule has 1 aliphatic rings. The van der Waals surface area contributed by atoms with Crippen LogP contribution in [-0.4, -0.2) is 35.1 Å². The summed E-state index contributed by atoms with van der Waals surface area (Å²) < 4.78 is 1.92. The van der Waals surface area contributed by atoms with Crippen molar-refractivity contribution in [1.29, 1.82) is 0 Å². The van der Waals surface area contributed by atoms with E-state index in [2.05, 4.69) is 15.6 Å². The standard InChI is InChI=1S/C12H20N4O.2ClH/c17-12(3-6-16-7-5-14-10-16)15-9-11-2-1-4-13-8-11;;/h5,7,10-11,13H,1-4,6,8-9H2,(H,15,17);2*1H. The zero-order chi connectivity index (χ0) is 11.9. The first-order valence-corrected chi connectivity index (χ1v) is 6.28. The van der Waals surface area contributed by atoms with Crippen LogP contribution >= 0.6 is 24.8 Å². The Hall–Kier alpha value is -0.780. The second-order valence-corrected chi connectivity index (χ2v) is 4.57. The van der Waals surface area contributed by atoms with Crippen molar-refractivity contribution in [3.05, 3.63) is 18.7 Å². The van der Waals surface area contributed by atoms with Gasteiger partial charge in [-0.1, -0.05) is 0 Å². The average molecular weight is 309 g/mol. The van der Waals surface area contributed by atoms with Crippen molar-refractivity contribution in [3.63, 3.8) is 0 Å². The van der Waals surface area contributed by atoms with Crippen molar-refractivity contribution >= 4 is 30.7 Å². The quantitative estimate of drug-likeness (QED) is 0.860. The predicted octanol–water partition coefficient (Wildman–Crippen LogP) is 1.23. The normalized spacial score (nSPS) is 18.0. The second-order valence-electron chi connectivity index (χ2n) is 4.57. The maximum Gasteiger partial charge on any atom is 0.221 e. The lowest BCUT2D eigenvalue weighted by atomic mass is 10.00. The Balaban J connectivity index is 0.00000162. The van der Waals surface area contributed by atoms with Crippen molar-refractivity contribution in [3.8, 4) is 0 Å². The number of nitrogens with one attached hydrogen (secondary N) is 2. The molecule has 1 unspecified atom stereocenters. The Kier molecular flexibility index (Phi) is 9.65. The SMILES string of the molecule is Cl.Cl.O=C(CCn1ccnc1)NCC1CCCNC1. The molecule has 1 aliphatic heterocycles. The van der Waals surface area contributed by atoms with E-state index in [1.165, 1.54) is 12.8 Å². The molecule has 1 saturated heterocycles. The van der Waals surface area contributed by atoms with Gasteiger partial charge in [-0.25, -0.2) is 4.98 Å². The molecule has 7 heteroatoms. The predicted molar refractivity (Wildman–Crippen MR) is 79.9 cm³/mol. The van der Waals surface area contributed by atoms with E-state index in [0.29, 0.717) is 18.9 Å². The Bertz CT molecular complexity index is 340. The van der Waals surface area contributed by atoms with Gasteiger partial charge in [0, 0.05) is 31.9 Å². The van der Waals surface area contributed by atoms with Crippen LogP contribution in [0.25, 0.3) is 0 Å². The van der Waals surface area contributed by atoms with Crippen molar-refractivity contribution in [2.24, 2.45) is 5.92 Å². The van der Waals surface area contributed by atoms with Crippen LogP contribution in [0.15, 0.2) is 18.7 Å². The summed E-state index contributed by atoms with van der Waals surface area (Å²) in [5, 5.41) is 6.35. The van der Waals surface area contributed by atoms with Gasteiger partial charge in [-0.15, -0.1) is 24.8 Å². The van der Waals surface area contributed by atoms with E-state index in [1.54, 1.807) is 12.5 Å². The molecule has 0 radical (unpaired) electrons. The largest absolute Gasteiger partial charge is 0.356 e. The van der Waals surface area contributed by atoms with Gasteiger partial charge >= 0.3 is 0 Å². The van der Waals surface area contributed by atoms with Gasteiger partial charge in [-0.05, 0) is 31.8 Å². The van der Waals surface area contributed by atoms with Gasteiger partial charge in [0.2, 0.25) is 5.91 Å². The lowest BCUT2D eigenvalue weighted by Gasteiger charge is -2.22. The molecule has 0 bridgehead atoms. The summed E-state index contributed by atoms with van der Waals surface area (Å²) in [6.45, 7) is 3.65. The van der Waals surface area contributed by atoms with E-state index in [1.807, 2.05) is 10.8 Å². The van der Waals surface area contributed by atoms with Gasteiger partial charge in [0.05, 0.1) is 6.33 Å². The minimum absolute atomic E-state index is 0. The summed E-state index contributed by atoms with van der Waals surface area (Å²) in [6.07, 6.45) is 8.29. The first-order valence-electron chi connectivity index (χ1n) is 6.28. The summed E-state index contributed by atoms with van der Waals surface area (Å²) in [5.74, 6) is 0.727. The Morgan fingerprint density at radius 3 is 2.95 bits per heavy atom. The number of amides is 1. The van der Waals surface area contributed by atoms with Crippen molar-refractivity contribution in [2.75, 3.05) is 19.6 Å². The Labute approximate surface area is 126 Å². The van der Waals surface area contributed by atoms with E-state index in [-0.39, 0.29) is 30.7 Å². The number of halogens is 2. The van der Waals surface area contributed by atoms with Crippen LogP contribution in [0.5, 0.6) is 0 Å². The molecular formula is C12H22Cl2N4O. The smallest absolute Gasteiger partial charge is 0.221 e. The molecule has 1 atom stereocenters. The van der Waals surface area contributed by atoms with Gasteiger partial charge in [-0.3, -0.25) is 4.79 Å². The third-order valence-corrected chi connectivity index (χ3v) is 3.14. The molecule has 2 rings (SSSR count). The number of hydrogen-bond acceptors (Lipinski definition) is 3. The van der Waals surface area contributed by atoms with Crippen LogP contribution in [-0.2, 0) is 11.3 Å². The Morgan fingerprint density at radius 2 is 2.32 bits per heavy atom. The monoisotopic (exact) mass is 308 g/mol. The maximum absolute atomic E-state index is 11.6. The number of hydrogen-bond donors (Lipinski definition) is 2. The molecule has 19 heavy (non-hydrogen) atoms. The molecule has 5 nitrogen and oxygen atoms in total. The lowest BCUT2D eigenvalue weighted by molar-refractivity contribution is -0.121. The van der Waals surface area contributed by atoms with E-state index in [4.69, 9.17) is 0 Å². The fourth-order valence-electron chi connectivity index (χ4n) is 2.09. The number of aryl methyl sites for hydroxylation is 1. The molecule has 0 saturated carbocycles. The van der Waals surface area contributed by atoms with Crippen LogP contribution < -0.4 is 10.6 Å². The summed E-state index contributed by atoms with van der Waals surface area (Å²) >= 11 is 0. The lowest BCUT2D eigenvalue weighted by Crippen LogP contribution is -2.38. The molecule has 1 amide bonds. The van der Waals surface area contributed by atoms with Crippen LogP contribution in [0.4, 0.5) is 0 Å². The minimum atomic E-state index is 0. The Morgan fingerprint density at radius 1 is 1.47 bits per heavy atom. The zero-order valence-corrected chi connectivity index (χ0v) is 12.5. The van der Waals surface area contributed by atoms with Gasteiger partial charge < -0.3 is 15.2 Å². The summed E-state index contributed by atoms with van der Waals surface area (Å²) in [4.78, 5) is 15.6. The van der Waals surface area contributed by atoms with Gasteiger partial charge in [-0.2, -0.15) is 0 Å². The van der Waals surface area contributed by atoms with Crippen molar-refractivity contribution in [2.45, 2.75) is 25.8 Å². The first-order chi connectivity index (χ1) is 8.34. The maximum atomic E-state index is 11.6. The van der Waals surface area contributed by atoms with E-state index in [0.717, 1.165) is 19.6 Å². The second kappa shape index (κ2) is 10.1. The molecule has 0 aliphatic carbocycles. The molecular weight excluding hydrogens is 287 g/mol. The highest BCUT2D eigenvalue weighted by molar-refractivity contribution is 5.85. The number of aromatic nitrogens is 2. The molecule has 0 spiro atoms. The number of rotatable bonds is 5. The van der Waals surface area contributed by atoms with Crippen molar-refractivity contribution in [1.82, 2.24) is 20.2 Å². The molecule has 1 aromatic rings. The summed E-state index contributed by atoms with van der Waals surface area (Å²) in [7, 11) is 0. The average Bonchev–Trinajstić information content (AvgIpc) is 2.88.